The van der Waals surface area contributed by atoms with Crippen LogP contribution in [-0.4, -0.2) is 30.4 Å². The van der Waals surface area contributed by atoms with Gasteiger partial charge in [-0.3, -0.25) is 14.8 Å². The van der Waals surface area contributed by atoms with Crippen LogP contribution in [0.25, 0.3) is 22.6 Å². The fourth-order valence-electron chi connectivity index (χ4n) is 3.04. The van der Waals surface area contributed by atoms with Crippen LogP contribution in [0.5, 0.6) is 0 Å². The maximum atomic E-state index is 12.6. The van der Waals surface area contributed by atoms with E-state index in [-0.39, 0.29) is 11.6 Å². The molecule has 0 aliphatic heterocycles. The molecule has 0 saturated carbocycles. The summed E-state index contributed by atoms with van der Waals surface area (Å²) in [7, 11) is 1.86. The first kappa shape index (κ1) is 18.7. The molecular weight excluding hydrogens is 368 g/mol. The first-order valence-corrected chi connectivity index (χ1v) is 9.36. The van der Waals surface area contributed by atoms with Crippen LogP contribution >= 0.6 is 0 Å². The number of aromatic nitrogens is 5. The van der Waals surface area contributed by atoms with Gasteiger partial charge >= 0.3 is 0 Å². The Kier molecular flexibility index (Phi) is 4.75. The predicted molar refractivity (Wildman–Crippen MR) is 109 cm³/mol. The van der Waals surface area contributed by atoms with Gasteiger partial charge in [-0.05, 0) is 38.0 Å². The number of nitrogens with zero attached hydrogens (tertiary/aromatic N) is 5. The maximum Gasteiger partial charge on any atom is 0.280 e. The van der Waals surface area contributed by atoms with E-state index in [1.807, 2.05) is 30.8 Å². The number of carbonyl (C=O) groups is 1. The molecule has 4 aromatic rings. The molecule has 8 nitrogen and oxygen atoms in total. The zero-order valence-electron chi connectivity index (χ0n) is 16.8. The second kappa shape index (κ2) is 7.38. The Morgan fingerprint density at radius 2 is 1.97 bits per heavy atom. The predicted octanol–water partition coefficient (Wildman–Crippen LogP) is 3.83. The van der Waals surface area contributed by atoms with Crippen LogP contribution in [0.3, 0.4) is 0 Å². The van der Waals surface area contributed by atoms with Gasteiger partial charge in [0.1, 0.15) is 0 Å². The van der Waals surface area contributed by atoms with Crippen molar-refractivity contribution in [2.24, 2.45) is 7.05 Å². The van der Waals surface area contributed by atoms with Crippen LogP contribution in [0.2, 0.25) is 0 Å². The van der Waals surface area contributed by atoms with Crippen LogP contribution in [-0.2, 0) is 13.6 Å². The summed E-state index contributed by atoms with van der Waals surface area (Å²) >= 11 is 0. The molecule has 0 aliphatic rings. The van der Waals surface area contributed by atoms with Crippen molar-refractivity contribution in [3.05, 3.63) is 59.7 Å². The minimum absolute atomic E-state index is 0.181. The third kappa shape index (κ3) is 3.56. The van der Waals surface area contributed by atoms with Crippen molar-refractivity contribution in [3.8, 4) is 22.6 Å². The number of rotatable bonds is 5. The highest BCUT2D eigenvalue weighted by molar-refractivity contribution is 6.02. The number of imidazole rings is 1. The largest absolute Gasteiger partial charge is 0.355 e. The van der Waals surface area contributed by atoms with E-state index in [1.165, 1.54) is 11.1 Å². The van der Waals surface area contributed by atoms with Crippen molar-refractivity contribution in [3.63, 3.8) is 0 Å². The fourth-order valence-corrected chi connectivity index (χ4v) is 3.04. The van der Waals surface area contributed by atoms with Crippen molar-refractivity contribution >= 4 is 11.9 Å². The molecule has 8 heteroatoms. The highest BCUT2D eigenvalue weighted by Crippen LogP contribution is 2.25. The Morgan fingerprint density at radius 1 is 1.14 bits per heavy atom. The minimum Gasteiger partial charge on any atom is -0.355 e. The molecule has 0 fully saturated rings. The molecule has 0 radical (unpaired) electrons. The van der Waals surface area contributed by atoms with E-state index in [0.717, 1.165) is 23.4 Å². The lowest BCUT2D eigenvalue weighted by Gasteiger charge is -2.08. The van der Waals surface area contributed by atoms with Gasteiger partial charge in [0.05, 0.1) is 23.7 Å². The SMILES string of the molecule is CCn1cc(-c2cc(C(=O)Nc3ncc(-c4ccc(C)c(C)c4)n3C)no2)cn1. The second-order valence-corrected chi connectivity index (χ2v) is 6.94. The number of hydrogen-bond donors (Lipinski definition) is 1. The summed E-state index contributed by atoms with van der Waals surface area (Å²) in [6.07, 6.45) is 5.27. The zero-order valence-corrected chi connectivity index (χ0v) is 16.8. The van der Waals surface area contributed by atoms with E-state index in [9.17, 15) is 4.79 Å². The van der Waals surface area contributed by atoms with Crippen molar-refractivity contribution in [2.45, 2.75) is 27.3 Å². The number of hydrogen-bond acceptors (Lipinski definition) is 5. The lowest BCUT2D eigenvalue weighted by molar-refractivity contribution is 0.101. The molecule has 1 aromatic carbocycles. The van der Waals surface area contributed by atoms with E-state index in [2.05, 4.69) is 46.5 Å². The van der Waals surface area contributed by atoms with Crippen LogP contribution < -0.4 is 5.32 Å². The van der Waals surface area contributed by atoms with Crippen molar-refractivity contribution in [2.75, 3.05) is 5.32 Å². The third-order valence-corrected chi connectivity index (χ3v) is 5.00. The first-order chi connectivity index (χ1) is 14.0. The third-order valence-electron chi connectivity index (χ3n) is 5.00. The zero-order chi connectivity index (χ0) is 20.5. The van der Waals surface area contributed by atoms with Gasteiger partial charge in [0.15, 0.2) is 11.5 Å². The lowest BCUT2D eigenvalue weighted by atomic mass is 10.0. The smallest absolute Gasteiger partial charge is 0.280 e. The lowest BCUT2D eigenvalue weighted by Crippen LogP contribution is -2.15. The summed E-state index contributed by atoms with van der Waals surface area (Å²) < 4.78 is 8.92. The number of nitrogens with one attached hydrogen (secondary N) is 1. The molecule has 0 unspecified atom stereocenters. The number of aryl methyl sites for hydroxylation is 3. The number of carbonyl (C=O) groups excluding carboxylic acids is 1. The molecule has 0 spiro atoms. The van der Waals surface area contributed by atoms with E-state index in [0.29, 0.717) is 11.7 Å². The molecule has 1 N–H and O–H groups in total. The Hall–Kier alpha value is -3.68. The van der Waals surface area contributed by atoms with E-state index in [1.54, 1.807) is 23.1 Å². The average Bonchev–Trinajstić information content (AvgIpc) is 3.44. The molecular formula is C21H22N6O2. The van der Waals surface area contributed by atoms with Crippen LogP contribution in [0.1, 0.15) is 28.5 Å². The summed E-state index contributed by atoms with van der Waals surface area (Å²) in [4.78, 5) is 17.0. The molecule has 1 amide bonds. The van der Waals surface area contributed by atoms with Gasteiger partial charge in [-0.2, -0.15) is 5.10 Å². The van der Waals surface area contributed by atoms with E-state index >= 15 is 0 Å². The van der Waals surface area contributed by atoms with Crippen molar-refractivity contribution in [1.82, 2.24) is 24.5 Å². The summed E-state index contributed by atoms with van der Waals surface area (Å²) in [6, 6.07) is 7.83. The molecule has 0 bridgehead atoms. The van der Waals surface area contributed by atoms with Crippen molar-refractivity contribution in [1.29, 1.82) is 0 Å². The average molecular weight is 390 g/mol. The minimum atomic E-state index is -0.386. The molecule has 4 rings (SSSR count). The topological polar surface area (TPSA) is 90.8 Å². The highest BCUT2D eigenvalue weighted by Gasteiger charge is 2.18. The molecule has 0 saturated heterocycles. The molecule has 3 heterocycles. The summed E-state index contributed by atoms with van der Waals surface area (Å²) in [5, 5.41) is 10.9. The van der Waals surface area contributed by atoms with Gasteiger partial charge in [-0.1, -0.05) is 17.3 Å². The van der Waals surface area contributed by atoms with Crippen LogP contribution in [0.4, 0.5) is 5.95 Å². The molecule has 0 aliphatic carbocycles. The Morgan fingerprint density at radius 3 is 2.69 bits per heavy atom. The normalized spacial score (nSPS) is 11.0. The summed E-state index contributed by atoms with van der Waals surface area (Å²) in [5.41, 5.74) is 5.34. The highest BCUT2D eigenvalue weighted by atomic mass is 16.5. The number of amides is 1. The maximum absolute atomic E-state index is 12.6. The quantitative estimate of drug-likeness (QED) is 0.559. The Labute approximate surface area is 168 Å². The van der Waals surface area contributed by atoms with Gasteiger partial charge in [0.25, 0.3) is 5.91 Å². The molecule has 148 valence electrons. The summed E-state index contributed by atoms with van der Waals surface area (Å²) in [6.45, 7) is 6.90. The van der Waals surface area contributed by atoms with E-state index in [4.69, 9.17) is 4.52 Å². The van der Waals surface area contributed by atoms with Crippen molar-refractivity contribution < 1.29 is 9.32 Å². The number of benzene rings is 1. The van der Waals surface area contributed by atoms with Gasteiger partial charge in [-0.25, -0.2) is 4.98 Å². The monoisotopic (exact) mass is 390 g/mol. The van der Waals surface area contributed by atoms with Gasteiger partial charge in [-0.15, -0.1) is 0 Å². The summed E-state index contributed by atoms with van der Waals surface area (Å²) in [5.74, 6) is 0.542. The van der Waals surface area contributed by atoms with Crippen LogP contribution in [0, 0.1) is 13.8 Å². The second-order valence-electron chi connectivity index (χ2n) is 6.94. The fraction of sp³-hybridized carbons (Fsp3) is 0.238. The van der Waals surface area contributed by atoms with Gasteiger partial charge in [0.2, 0.25) is 5.95 Å². The standard InChI is InChI=1S/C21H22N6O2/c1-5-27-12-16(10-23-27)19-9-17(25-29-19)20(28)24-21-22-11-18(26(21)4)15-7-6-13(2)14(3)8-15/h6-12H,5H2,1-4H3,(H,22,24,28). The molecule has 29 heavy (non-hydrogen) atoms. The Bertz CT molecular complexity index is 1180. The van der Waals surface area contributed by atoms with Gasteiger partial charge < -0.3 is 9.09 Å². The van der Waals surface area contributed by atoms with E-state index < -0.39 is 0 Å². The van der Waals surface area contributed by atoms with Gasteiger partial charge in [0, 0.05) is 31.4 Å². The number of anilines is 1. The molecule has 0 atom stereocenters. The molecule has 3 aromatic heterocycles. The first-order valence-electron chi connectivity index (χ1n) is 9.36. The Balaban J connectivity index is 1.53. The van der Waals surface area contributed by atoms with Crippen LogP contribution in [0.15, 0.2) is 47.4 Å².